The first-order valence-corrected chi connectivity index (χ1v) is 10.6. The van der Waals surface area contributed by atoms with Crippen LogP contribution < -0.4 is 19.5 Å². The lowest BCUT2D eigenvalue weighted by Gasteiger charge is -2.09. The molecule has 0 saturated heterocycles. The number of nitriles is 1. The van der Waals surface area contributed by atoms with Crippen LogP contribution in [-0.4, -0.2) is 21.1 Å². The highest BCUT2D eigenvalue weighted by molar-refractivity contribution is 7.92. The summed E-state index contributed by atoms with van der Waals surface area (Å²) in [4.78, 5) is 12.5. The first-order chi connectivity index (χ1) is 14.0. The summed E-state index contributed by atoms with van der Waals surface area (Å²) in [5.41, 5.74) is 0.765. The van der Waals surface area contributed by atoms with E-state index in [0.29, 0.717) is 17.2 Å². The zero-order valence-electron chi connectivity index (χ0n) is 14.7. The first-order valence-electron chi connectivity index (χ1n) is 8.28. The van der Waals surface area contributed by atoms with Gasteiger partial charge in [0.05, 0.1) is 21.0 Å². The van der Waals surface area contributed by atoms with Crippen LogP contribution in [-0.2, 0) is 10.0 Å². The SMILES string of the molecule is N#Cc1cc2c(cc1NS(=O)(=O)c1csc(C(=O)Nc3ccccc3)c1)OCO2. The molecule has 1 aliphatic heterocycles. The highest BCUT2D eigenvalue weighted by Gasteiger charge is 2.23. The van der Waals surface area contributed by atoms with Gasteiger partial charge in [-0.1, -0.05) is 18.2 Å². The summed E-state index contributed by atoms with van der Waals surface area (Å²) >= 11 is 1.00. The fourth-order valence-electron chi connectivity index (χ4n) is 2.62. The molecule has 2 aromatic carbocycles. The molecule has 2 heterocycles. The van der Waals surface area contributed by atoms with Crippen LogP contribution in [0.2, 0.25) is 0 Å². The van der Waals surface area contributed by atoms with Gasteiger partial charge in [0.15, 0.2) is 11.5 Å². The minimum Gasteiger partial charge on any atom is -0.454 e. The average Bonchev–Trinajstić information content (AvgIpc) is 3.37. The predicted octanol–water partition coefficient (Wildman–Crippen LogP) is 3.40. The smallest absolute Gasteiger partial charge is 0.265 e. The van der Waals surface area contributed by atoms with Crippen molar-refractivity contribution in [2.75, 3.05) is 16.8 Å². The Hall–Kier alpha value is -3.55. The second kappa shape index (κ2) is 7.46. The Kier molecular flexibility index (Phi) is 4.84. The van der Waals surface area contributed by atoms with Gasteiger partial charge in [0, 0.05) is 23.2 Å². The Balaban J connectivity index is 1.56. The quantitative estimate of drug-likeness (QED) is 0.644. The summed E-state index contributed by atoms with van der Waals surface area (Å²) in [5, 5.41) is 13.4. The van der Waals surface area contributed by atoms with Crippen molar-refractivity contribution in [3.63, 3.8) is 0 Å². The van der Waals surface area contributed by atoms with Crippen molar-refractivity contribution >= 4 is 38.6 Å². The molecule has 1 aliphatic rings. The number of fused-ring (bicyclic) bond motifs is 1. The van der Waals surface area contributed by atoms with E-state index in [1.165, 1.54) is 23.6 Å². The number of nitrogens with one attached hydrogen (secondary N) is 2. The molecule has 0 saturated carbocycles. The third-order valence-electron chi connectivity index (χ3n) is 4.02. The van der Waals surface area contributed by atoms with E-state index < -0.39 is 15.9 Å². The van der Waals surface area contributed by atoms with Crippen LogP contribution in [0.25, 0.3) is 0 Å². The topological polar surface area (TPSA) is 118 Å². The minimum absolute atomic E-state index is 0.000815. The van der Waals surface area contributed by atoms with Gasteiger partial charge in [0.2, 0.25) is 6.79 Å². The third-order valence-corrected chi connectivity index (χ3v) is 6.44. The Morgan fingerprint density at radius 2 is 1.83 bits per heavy atom. The van der Waals surface area contributed by atoms with Gasteiger partial charge in [-0.25, -0.2) is 8.42 Å². The van der Waals surface area contributed by atoms with Crippen molar-refractivity contribution in [3.05, 3.63) is 64.4 Å². The van der Waals surface area contributed by atoms with E-state index in [9.17, 15) is 18.5 Å². The Bertz CT molecular complexity index is 1230. The number of nitrogens with zero attached hydrogens (tertiary/aromatic N) is 1. The molecule has 1 amide bonds. The van der Waals surface area contributed by atoms with E-state index in [-0.39, 0.29) is 27.8 Å². The molecule has 0 aliphatic carbocycles. The van der Waals surface area contributed by atoms with Crippen LogP contribution >= 0.6 is 11.3 Å². The van der Waals surface area contributed by atoms with E-state index in [0.717, 1.165) is 11.3 Å². The lowest BCUT2D eigenvalue weighted by molar-refractivity contribution is 0.103. The van der Waals surface area contributed by atoms with Crippen molar-refractivity contribution in [3.8, 4) is 17.6 Å². The summed E-state index contributed by atoms with van der Waals surface area (Å²) in [6.07, 6.45) is 0. The maximum atomic E-state index is 12.7. The molecule has 146 valence electrons. The molecule has 29 heavy (non-hydrogen) atoms. The second-order valence-corrected chi connectivity index (χ2v) is 8.53. The fraction of sp³-hybridized carbons (Fsp3) is 0.0526. The second-order valence-electron chi connectivity index (χ2n) is 5.94. The summed E-state index contributed by atoms with van der Waals surface area (Å²) < 4.78 is 38.3. The molecular weight excluding hydrogens is 414 g/mol. The van der Waals surface area contributed by atoms with Crippen LogP contribution in [0.1, 0.15) is 15.2 Å². The van der Waals surface area contributed by atoms with E-state index in [1.807, 2.05) is 12.1 Å². The van der Waals surface area contributed by atoms with Gasteiger partial charge in [-0.05, 0) is 18.2 Å². The van der Waals surface area contributed by atoms with Gasteiger partial charge in [0.25, 0.3) is 15.9 Å². The zero-order valence-corrected chi connectivity index (χ0v) is 16.3. The van der Waals surface area contributed by atoms with Crippen LogP contribution in [0.4, 0.5) is 11.4 Å². The standard InChI is InChI=1S/C19H13N3O5S2/c20-9-12-6-16-17(27-11-26-16)8-15(12)22-29(24,25)14-7-18(28-10-14)19(23)21-13-4-2-1-3-5-13/h1-8,10,22H,11H2,(H,21,23). The molecule has 0 atom stereocenters. The highest BCUT2D eigenvalue weighted by Crippen LogP contribution is 2.37. The van der Waals surface area contributed by atoms with E-state index in [2.05, 4.69) is 10.0 Å². The zero-order chi connectivity index (χ0) is 20.4. The van der Waals surface area contributed by atoms with Crippen LogP contribution in [0, 0.1) is 11.3 Å². The number of benzene rings is 2. The summed E-state index contributed by atoms with van der Waals surface area (Å²) in [5.74, 6) is 0.304. The van der Waals surface area contributed by atoms with Crippen LogP contribution in [0.15, 0.2) is 58.8 Å². The molecule has 1 aromatic heterocycles. The van der Waals surface area contributed by atoms with Gasteiger partial charge in [-0.2, -0.15) is 5.26 Å². The van der Waals surface area contributed by atoms with E-state index in [4.69, 9.17) is 9.47 Å². The first kappa shape index (κ1) is 18.8. The Morgan fingerprint density at radius 1 is 1.10 bits per heavy atom. The summed E-state index contributed by atoms with van der Waals surface area (Å²) in [6, 6.07) is 14.9. The lowest BCUT2D eigenvalue weighted by Crippen LogP contribution is -2.14. The molecule has 0 radical (unpaired) electrons. The van der Waals surface area contributed by atoms with Crippen molar-refractivity contribution in [1.29, 1.82) is 5.26 Å². The van der Waals surface area contributed by atoms with Gasteiger partial charge >= 0.3 is 0 Å². The van der Waals surface area contributed by atoms with Crippen molar-refractivity contribution in [2.24, 2.45) is 0 Å². The number of hydrogen-bond donors (Lipinski definition) is 2. The maximum Gasteiger partial charge on any atom is 0.265 e. The number of carbonyl (C=O) groups is 1. The number of carbonyl (C=O) groups excluding carboxylic acids is 1. The number of ether oxygens (including phenoxy) is 2. The molecule has 0 unspecified atom stereocenters. The largest absolute Gasteiger partial charge is 0.454 e. The van der Waals surface area contributed by atoms with Crippen molar-refractivity contribution in [1.82, 2.24) is 0 Å². The molecule has 8 nitrogen and oxygen atoms in total. The molecule has 0 fully saturated rings. The molecule has 4 rings (SSSR count). The summed E-state index contributed by atoms with van der Waals surface area (Å²) in [7, 11) is -4.02. The monoisotopic (exact) mass is 427 g/mol. The van der Waals surface area contributed by atoms with Crippen molar-refractivity contribution < 1.29 is 22.7 Å². The van der Waals surface area contributed by atoms with Gasteiger partial charge in [0.1, 0.15) is 6.07 Å². The van der Waals surface area contributed by atoms with Gasteiger partial charge < -0.3 is 14.8 Å². The highest BCUT2D eigenvalue weighted by atomic mass is 32.2. The normalized spacial score (nSPS) is 12.2. The van der Waals surface area contributed by atoms with E-state index in [1.54, 1.807) is 24.3 Å². The predicted molar refractivity (Wildman–Crippen MR) is 107 cm³/mol. The number of sulfonamides is 1. The lowest BCUT2D eigenvalue weighted by atomic mass is 10.2. The van der Waals surface area contributed by atoms with E-state index >= 15 is 0 Å². The molecule has 0 bridgehead atoms. The molecule has 3 aromatic rings. The number of anilines is 2. The number of thiophene rings is 1. The van der Waals surface area contributed by atoms with Crippen molar-refractivity contribution in [2.45, 2.75) is 4.90 Å². The van der Waals surface area contributed by atoms with Gasteiger partial charge in [-0.15, -0.1) is 11.3 Å². The number of amides is 1. The Labute approximate surface area is 170 Å². The third kappa shape index (κ3) is 3.87. The van der Waals surface area contributed by atoms with Crippen LogP contribution in [0.5, 0.6) is 11.5 Å². The maximum absolute atomic E-state index is 12.7. The van der Waals surface area contributed by atoms with Crippen LogP contribution in [0.3, 0.4) is 0 Å². The average molecular weight is 427 g/mol. The number of rotatable bonds is 5. The molecule has 2 N–H and O–H groups in total. The molecular formula is C19H13N3O5S2. The number of para-hydroxylation sites is 1. The van der Waals surface area contributed by atoms with Gasteiger partial charge in [-0.3, -0.25) is 9.52 Å². The molecule has 0 spiro atoms. The Morgan fingerprint density at radius 3 is 2.55 bits per heavy atom. The minimum atomic E-state index is -4.02. The number of hydrogen-bond acceptors (Lipinski definition) is 7. The molecule has 10 heteroatoms. The fourth-order valence-corrected chi connectivity index (χ4v) is 4.85. The summed E-state index contributed by atoms with van der Waals surface area (Å²) in [6.45, 7) is 0.000815.